The second-order valence-corrected chi connectivity index (χ2v) is 10.1. The van der Waals surface area contributed by atoms with Gasteiger partial charge in [0, 0.05) is 38.7 Å². The fourth-order valence-corrected chi connectivity index (χ4v) is 4.44. The van der Waals surface area contributed by atoms with E-state index in [4.69, 9.17) is 14.2 Å². The van der Waals surface area contributed by atoms with E-state index in [1.54, 1.807) is 30.1 Å². The van der Waals surface area contributed by atoms with Crippen LogP contribution in [0.2, 0.25) is 0 Å². The maximum absolute atomic E-state index is 13.3. The van der Waals surface area contributed by atoms with Crippen LogP contribution in [-0.2, 0) is 20.9 Å². The molecule has 2 aromatic carbocycles. The number of amides is 3. The number of rotatable bonds is 3. The summed E-state index contributed by atoms with van der Waals surface area (Å²) in [6.45, 7) is 7.20. The van der Waals surface area contributed by atoms with Crippen LogP contribution in [0.5, 0.6) is 17.2 Å². The molecular formula is C28H35N3O6. The number of piperidine rings is 1. The molecule has 0 unspecified atom stereocenters. The van der Waals surface area contributed by atoms with Crippen LogP contribution in [-0.4, -0.2) is 73.0 Å². The van der Waals surface area contributed by atoms with E-state index < -0.39 is 0 Å². The molecule has 0 radical (unpaired) electrons. The Kier molecular flexibility index (Phi) is 8.33. The van der Waals surface area contributed by atoms with Gasteiger partial charge >= 0.3 is 0 Å². The molecule has 198 valence electrons. The number of hydrogen-bond acceptors (Lipinski definition) is 6. The molecule has 37 heavy (non-hydrogen) atoms. The van der Waals surface area contributed by atoms with Gasteiger partial charge < -0.3 is 29.3 Å². The molecule has 2 aliphatic heterocycles. The van der Waals surface area contributed by atoms with Gasteiger partial charge in [-0.2, -0.15) is 0 Å². The summed E-state index contributed by atoms with van der Waals surface area (Å²) in [7, 11) is 1.59. The molecule has 2 atom stereocenters. The second-order valence-electron chi connectivity index (χ2n) is 10.1. The first-order valence-corrected chi connectivity index (χ1v) is 12.6. The minimum atomic E-state index is -0.381. The van der Waals surface area contributed by atoms with E-state index in [0.29, 0.717) is 61.5 Å². The van der Waals surface area contributed by atoms with Crippen molar-refractivity contribution < 1.29 is 28.6 Å². The minimum absolute atomic E-state index is 0.0286. The smallest absolute Gasteiger partial charge is 0.254 e. The van der Waals surface area contributed by atoms with Crippen molar-refractivity contribution in [3.63, 3.8) is 0 Å². The van der Waals surface area contributed by atoms with Crippen LogP contribution in [0.25, 0.3) is 0 Å². The van der Waals surface area contributed by atoms with Crippen LogP contribution in [0.4, 0.5) is 0 Å². The molecular weight excluding hydrogens is 474 g/mol. The first kappa shape index (κ1) is 26.5. The fraction of sp³-hybridized carbons (Fsp3) is 0.464. The van der Waals surface area contributed by atoms with Crippen molar-refractivity contribution in [2.24, 2.45) is 5.92 Å². The lowest BCUT2D eigenvalue weighted by Crippen LogP contribution is -2.57. The van der Waals surface area contributed by atoms with Crippen LogP contribution in [0.3, 0.4) is 0 Å². The van der Waals surface area contributed by atoms with Crippen LogP contribution >= 0.6 is 0 Å². The summed E-state index contributed by atoms with van der Waals surface area (Å²) >= 11 is 0. The molecule has 0 aliphatic carbocycles. The van der Waals surface area contributed by atoms with Crippen molar-refractivity contribution in [2.75, 3.05) is 33.3 Å². The minimum Gasteiger partial charge on any atom is -0.493 e. The third-order valence-corrected chi connectivity index (χ3v) is 6.39. The summed E-state index contributed by atoms with van der Waals surface area (Å²) in [5, 5.41) is 3.02. The number of ether oxygens (including phenoxy) is 3. The van der Waals surface area contributed by atoms with Crippen molar-refractivity contribution in [1.82, 2.24) is 15.1 Å². The number of likely N-dealkylation sites (N-methyl/N-ethyl adjacent to an activating group) is 1. The van der Waals surface area contributed by atoms with Crippen molar-refractivity contribution in [1.29, 1.82) is 0 Å². The molecule has 3 amide bonds. The normalized spacial score (nSPS) is 20.7. The molecule has 1 fully saturated rings. The zero-order valence-electron chi connectivity index (χ0n) is 21.9. The van der Waals surface area contributed by atoms with Gasteiger partial charge in [0.15, 0.2) is 0 Å². The van der Waals surface area contributed by atoms with E-state index in [1.165, 1.54) is 11.8 Å². The van der Waals surface area contributed by atoms with Crippen LogP contribution in [0.15, 0.2) is 42.5 Å². The number of fused-ring (bicyclic) bond motifs is 5. The molecule has 2 heterocycles. The van der Waals surface area contributed by atoms with E-state index in [9.17, 15) is 14.4 Å². The van der Waals surface area contributed by atoms with Gasteiger partial charge in [0.1, 0.15) is 17.2 Å². The molecule has 2 aromatic rings. The highest BCUT2D eigenvalue weighted by Gasteiger charge is 2.33. The van der Waals surface area contributed by atoms with Gasteiger partial charge in [-0.25, -0.2) is 0 Å². The molecule has 0 spiro atoms. The predicted octanol–water partition coefficient (Wildman–Crippen LogP) is 3.22. The third-order valence-electron chi connectivity index (χ3n) is 6.39. The summed E-state index contributed by atoms with van der Waals surface area (Å²) < 4.78 is 18.2. The van der Waals surface area contributed by atoms with Gasteiger partial charge in [0.05, 0.1) is 31.9 Å². The second kappa shape index (κ2) is 11.6. The zero-order chi connectivity index (χ0) is 26.5. The topological polar surface area (TPSA) is 97.4 Å². The summed E-state index contributed by atoms with van der Waals surface area (Å²) in [6, 6.07) is 12.3. The first-order valence-electron chi connectivity index (χ1n) is 12.6. The molecule has 1 N–H and O–H groups in total. The zero-order valence-corrected chi connectivity index (χ0v) is 21.9. The lowest BCUT2D eigenvalue weighted by molar-refractivity contribution is -0.135. The van der Waals surface area contributed by atoms with Gasteiger partial charge in [0.2, 0.25) is 11.8 Å². The summed E-state index contributed by atoms with van der Waals surface area (Å²) in [5.41, 5.74) is 1.25. The monoisotopic (exact) mass is 509 g/mol. The van der Waals surface area contributed by atoms with Crippen LogP contribution < -0.4 is 14.8 Å². The van der Waals surface area contributed by atoms with Crippen LogP contribution in [0, 0.1) is 5.92 Å². The average molecular weight is 510 g/mol. The van der Waals surface area contributed by atoms with Crippen LogP contribution in [0.1, 0.15) is 43.1 Å². The Labute approximate surface area is 217 Å². The number of hydrogen-bond donors (Lipinski definition) is 1. The van der Waals surface area contributed by atoms with E-state index in [1.807, 2.05) is 38.1 Å². The number of benzene rings is 2. The maximum atomic E-state index is 13.3. The van der Waals surface area contributed by atoms with E-state index in [-0.39, 0.29) is 36.4 Å². The Morgan fingerprint density at radius 3 is 2.73 bits per heavy atom. The van der Waals surface area contributed by atoms with E-state index in [2.05, 4.69) is 5.32 Å². The van der Waals surface area contributed by atoms with Gasteiger partial charge in [0.25, 0.3) is 5.91 Å². The Bertz CT molecular complexity index is 1150. The molecule has 4 bridgehead atoms. The fourth-order valence-electron chi connectivity index (χ4n) is 4.44. The third kappa shape index (κ3) is 7.01. The standard InChI is InChI=1S/C28H35N3O6/c1-18(2)16-35-23-11-21-12-24(13-23)37-22-7-5-6-20(10-22)17-36-26-14-31(19(3)32)9-8-25(26)29-27(33)15-30(4)28(21)34/h5-7,10-13,18,25-26H,8-9,14-17H2,1-4H3,(H,29,33)/t25-,26-/m0/s1. The highest BCUT2D eigenvalue weighted by molar-refractivity contribution is 5.97. The summed E-state index contributed by atoms with van der Waals surface area (Å²) in [4.78, 5) is 41.3. The quantitative estimate of drug-likeness (QED) is 0.683. The number of nitrogens with one attached hydrogen (secondary N) is 1. The lowest BCUT2D eigenvalue weighted by atomic mass is 10.0. The Hall–Kier alpha value is -3.59. The molecule has 4 rings (SSSR count). The largest absolute Gasteiger partial charge is 0.493 e. The van der Waals surface area contributed by atoms with Crippen molar-refractivity contribution in [3.05, 3.63) is 53.6 Å². The van der Waals surface area contributed by atoms with Crippen molar-refractivity contribution in [3.8, 4) is 17.2 Å². The molecule has 2 aliphatic rings. The number of nitrogens with zero attached hydrogens (tertiary/aromatic N) is 2. The average Bonchev–Trinajstić information content (AvgIpc) is 2.85. The van der Waals surface area contributed by atoms with Gasteiger partial charge in [-0.3, -0.25) is 14.4 Å². The van der Waals surface area contributed by atoms with Gasteiger partial charge in [-0.05, 0) is 42.2 Å². The molecule has 9 heteroatoms. The number of carbonyl (C=O) groups excluding carboxylic acids is 3. The maximum Gasteiger partial charge on any atom is 0.254 e. The predicted molar refractivity (Wildman–Crippen MR) is 138 cm³/mol. The highest BCUT2D eigenvalue weighted by atomic mass is 16.5. The van der Waals surface area contributed by atoms with E-state index >= 15 is 0 Å². The first-order chi connectivity index (χ1) is 17.7. The number of likely N-dealkylation sites (tertiary alicyclic amines) is 1. The lowest BCUT2D eigenvalue weighted by Gasteiger charge is -2.38. The Morgan fingerprint density at radius 1 is 1.16 bits per heavy atom. The molecule has 1 saturated heterocycles. The van der Waals surface area contributed by atoms with Gasteiger partial charge in [-0.1, -0.05) is 26.0 Å². The van der Waals surface area contributed by atoms with E-state index in [0.717, 1.165) is 5.56 Å². The Balaban J connectivity index is 1.66. The highest BCUT2D eigenvalue weighted by Crippen LogP contribution is 2.29. The van der Waals surface area contributed by atoms with Gasteiger partial charge in [-0.15, -0.1) is 0 Å². The summed E-state index contributed by atoms with van der Waals surface area (Å²) in [5.74, 6) is 1.24. The molecule has 0 saturated carbocycles. The summed E-state index contributed by atoms with van der Waals surface area (Å²) in [6.07, 6.45) is 0.184. The number of carbonyl (C=O) groups is 3. The Morgan fingerprint density at radius 2 is 1.97 bits per heavy atom. The molecule has 0 aromatic heterocycles. The SMILES string of the molecule is CC(=O)N1CC[C@@H]2NC(=O)CN(C)C(=O)c3cc(OCC(C)C)cc(c3)Oc3cccc(c3)CO[C@H]2C1. The van der Waals surface area contributed by atoms with Crippen molar-refractivity contribution >= 4 is 17.7 Å². The molecule has 9 nitrogen and oxygen atoms in total. The van der Waals surface area contributed by atoms with Crippen molar-refractivity contribution in [2.45, 2.75) is 45.9 Å².